The van der Waals surface area contributed by atoms with Gasteiger partial charge < -0.3 is 19.3 Å². The molecule has 282 valence electrons. The number of rotatable bonds is 34. The van der Waals surface area contributed by atoms with Gasteiger partial charge in [-0.15, -0.1) is 0 Å². The number of unbranched alkanes of at least 4 members (excludes halogenated alkanes) is 14. The minimum Gasteiger partial charge on any atom is -0.462 e. The molecule has 9 heteroatoms. The molecule has 0 rings (SSSR count). The van der Waals surface area contributed by atoms with Crippen LogP contribution in [0.5, 0.6) is 0 Å². The van der Waals surface area contributed by atoms with Gasteiger partial charge in [0.15, 0.2) is 6.10 Å². The van der Waals surface area contributed by atoms with Gasteiger partial charge in [-0.1, -0.05) is 132 Å². The Hall–Kier alpha value is -2.25. The van der Waals surface area contributed by atoms with Gasteiger partial charge in [-0.05, 0) is 77.0 Å². The molecule has 0 aromatic rings. The summed E-state index contributed by atoms with van der Waals surface area (Å²) in [5.74, 6) is -0.932. The summed E-state index contributed by atoms with van der Waals surface area (Å²) < 4.78 is 26.3. The second kappa shape index (κ2) is 35.6. The molecule has 0 spiro atoms. The van der Waals surface area contributed by atoms with E-state index >= 15 is 0 Å². The molecule has 0 saturated heterocycles. The fraction of sp³-hybridized carbons (Fsp3) is 0.700. The number of ether oxygens (including phenoxy) is 2. The molecule has 8 nitrogen and oxygen atoms in total. The van der Waals surface area contributed by atoms with E-state index in [4.69, 9.17) is 19.3 Å². The smallest absolute Gasteiger partial charge is 0.462 e. The number of phosphoric acid groups is 1. The maximum absolute atomic E-state index is 12.3. The summed E-state index contributed by atoms with van der Waals surface area (Å²) >= 11 is 0. The molecule has 0 heterocycles. The highest BCUT2D eigenvalue weighted by Gasteiger charge is 2.22. The van der Waals surface area contributed by atoms with Gasteiger partial charge in [0.2, 0.25) is 0 Å². The van der Waals surface area contributed by atoms with Gasteiger partial charge in [0, 0.05) is 12.8 Å². The molecule has 0 amide bonds. The molecule has 0 radical (unpaired) electrons. The Balaban J connectivity index is 4.04. The van der Waals surface area contributed by atoms with Crippen molar-refractivity contribution >= 4 is 19.8 Å². The second-order valence-electron chi connectivity index (χ2n) is 12.5. The van der Waals surface area contributed by atoms with Crippen LogP contribution in [0.15, 0.2) is 60.8 Å². The molecule has 0 saturated carbocycles. The molecular formula is C40H69O8P. The average molecular weight is 709 g/mol. The Bertz CT molecular complexity index is 979. The van der Waals surface area contributed by atoms with Gasteiger partial charge in [-0.3, -0.25) is 14.1 Å². The van der Waals surface area contributed by atoms with Gasteiger partial charge in [0.1, 0.15) is 6.61 Å². The van der Waals surface area contributed by atoms with E-state index in [0.29, 0.717) is 12.8 Å². The van der Waals surface area contributed by atoms with E-state index in [1.54, 1.807) is 0 Å². The van der Waals surface area contributed by atoms with Crippen LogP contribution >= 0.6 is 7.82 Å². The first kappa shape index (κ1) is 46.8. The Morgan fingerprint density at radius 1 is 0.531 bits per heavy atom. The summed E-state index contributed by atoms with van der Waals surface area (Å²) in [6, 6.07) is 0. The summed E-state index contributed by atoms with van der Waals surface area (Å²) in [5, 5.41) is 0. The molecule has 49 heavy (non-hydrogen) atoms. The lowest BCUT2D eigenvalue weighted by molar-refractivity contribution is -0.161. The Kier molecular flexibility index (Phi) is 33.9. The number of carbonyl (C=O) groups is 2. The van der Waals surface area contributed by atoms with E-state index in [2.05, 4.69) is 79.1 Å². The first-order valence-electron chi connectivity index (χ1n) is 19.1. The van der Waals surface area contributed by atoms with Crippen molar-refractivity contribution in [2.24, 2.45) is 0 Å². The summed E-state index contributed by atoms with van der Waals surface area (Å²) in [6.45, 7) is 3.57. The number of hydrogen-bond acceptors (Lipinski definition) is 6. The molecule has 1 atom stereocenters. The molecule has 0 aliphatic rings. The van der Waals surface area contributed by atoms with Crippen LogP contribution in [0.25, 0.3) is 0 Å². The average Bonchev–Trinajstić information content (AvgIpc) is 3.07. The summed E-state index contributed by atoms with van der Waals surface area (Å²) in [4.78, 5) is 42.7. The van der Waals surface area contributed by atoms with E-state index in [0.717, 1.165) is 83.5 Å². The monoisotopic (exact) mass is 708 g/mol. The van der Waals surface area contributed by atoms with Crippen LogP contribution in [0.2, 0.25) is 0 Å². The number of carbonyl (C=O) groups excluding carboxylic acids is 2. The third kappa shape index (κ3) is 38.4. The van der Waals surface area contributed by atoms with E-state index in [1.165, 1.54) is 38.5 Å². The van der Waals surface area contributed by atoms with E-state index in [9.17, 15) is 14.2 Å². The highest BCUT2D eigenvalue weighted by atomic mass is 31.2. The predicted octanol–water partition coefficient (Wildman–Crippen LogP) is 11.3. The molecule has 0 aromatic carbocycles. The molecule has 0 aliphatic heterocycles. The van der Waals surface area contributed by atoms with Gasteiger partial charge >= 0.3 is 19.8 Å². The molecule has 0 unspecified atom stereocenters. The number of esters is 2. The summed E-state index contributed by atoms with van der Waals surface area (Å²) in [6.07, 6.45) is 43.6. The van der Waals surface area contributed by atoms with Crippen molar-refractivity contribution in [1.82, 2.24) is 0 Å². The third-order valence-electron chi connectivity index (χ3n) is 7.76. The Morgan fingerprint density at radius 3 is 1.43 bits per heavy atom. The molecule has 0 aromatic heterocycles. The lowest BCUT2D eigenvalue weighted by Crippen LogP contribution is -2.29. The van der Waals surface area contributed by atoms with Gasteiger partial charge in [-0.2, -0.15) is 0 Å². The maximum atomic E-state index is 12.3. The van der Waals surface area contributed by atoms with Crippen LogP contribution < -0.4 is 0 Å². The van der Waals surface area contributed by atoms with Crippen LogP contribution in [-0.2, 0) is 28.2 Å². The maximum Gasteiger partial charge on any atom is 0.469 e. The van der Waals surface area contributed by atoms with Crippen molar-refractivity contribution in [1.29, 1.82) is 0 Å². The first-order valence-corrected chi connectivity index (χ1v) is 20.6. The minimum atomic E-state index is -4.76. The van der Waals surface area contributed by atoms with E-state index < -0.39 is 32.5 Å². The summed E-state index contributed by atoms with van der Waals surface area (Å²) in [7, 11) is -4.76. The number of allylic oxidation sites excluding steroid dienone is 10. The molecule has 0 aliphatic carbocycles. The highest BCUT2D eigenvalue weighted by Crippen LogP contribution is 2.36. The van der Waals surface area contributed by atoms with Gasteiger partial charge in [0.25, 0.3) is 0 Å². The van der Waals surface area contributed by atoms with Crippen molar-refractivity contribution in [3.05, 3.63) is 60.8 Å². The molecule has 0 bridgehead atoms. The second-order valence-corrected chi connectivity index (χ2v) is 13.8. The van der Waals surface area contributed by atoms with Gasteiger partial charge in [-0.25, -0.2) is 4.57 Å². The zero-order valence-electron chi connectivity index (χ0n) is 30.8. The quantitative estimate of drug-likeness (QED) is 0.0293. The standard InChI is InChI=1S/C40H69O8P/c1-3-5-7-9-11-13-15-17-19-20-21-23-24-26-28-30-32-34-39(41)46-36-38(37-47-49(43,44)45)48-40(42)35-33-31-29-27-25-22-18-16-14-12-10-8-6-4-2/h10-13,16-19,21,23,38H,3-9,14-15,20,22,24-37H2,1-2H3,(H2,43,44,45)/b12-10+,13-11+,18-16+,19-17+,23-21+/t38-/m1/s1. The zero-order chi connectivity index (χ0) is 36.1. The third-order valence-corrected chi connectivity index (χ3v) is 8.24. The van der Waals surface area contributed by atoms with E-state index in [-0.39, 0.29) is 19.4 Å². The van der Waals surface area contributed by atoms with Crippen molar-refractivity contribution in [2.45, 2.75) is 168 Å². The molecule has 2 N–H and O–H groups in total. The van der Waals surface area contributed by atoms with Crippen molar-refractivity contribution in [3.63, 3.8) is 0 Å². The Morgan fingerprint density at radius 2 is 0.939 bits per heavy atom. The fourth-order valence-electron chi connectivity index (χ4n) is 4.86. The predicted molar refractivity (Wildman–Crippen MR) is 202 cm³/mol. The lowest BCUT2D eigenvalue weighted by Gasteiger charge is -2.18. The zero-order valence-corrected chi connectivity index (χ0v) is 31.7. The first-order chi connectivity index (χ1) is 23.8. The highest BCUT2D eigenvalue weighted by molar-refractivity contribution is 7.46. The van der Waals surface area contributed by atoms with Crippen LogP contribution in [0.3, 0.4) is 0 Å². The lowest BCUT2D eigenvalue weighted by atomic mass is 10.1. The van der Waals surface area contributed by atoms with Crippen molar-refractivity contribution in [2.75, 3.05) is 13.2 Å². The Labute approximate surface area is 298 Å². The number of hydrogen-bond donors (Lipinski definition) is 2. The van der Waals surface area contributed by atoms with Gasteiger partial charge in [0.05, 0.1) is 6.61 Å². The molecular weight excluding hydrogens is 639 g/mol. The number of phosphoric ester groups is 1. The van der Waals surface area contributed by atoms with Crippen LogP contribution in [0, 0.1) is 0 Å². The van der Waals surface area contributed by atoms with Crippen LogP contribution in [0.4, 0.5) is 0 Å². The SMILES string of the molecule is CCCC/C=C/C/C=C/CCCCCCCC(=O)O[C@H](COC(=O)CCCCCC/C=C/C/C=C/C/C=C/CCCCC)COP(=O)(O)O. The van der Waals surface area contributed by atoms with E-state index in [1.807, 2.05) is 0 Å². The van der Waals surface area contributed by atoms with Crippen molar-refractivity contribution < 1.29 is 37.9 Å². The largest absolute Gasteiger partial charge is 0.469 e. The molecule has 0 fully saturated rings. The van der Waals surface area contributed by atoms with Crippen LogP contribution in [-0.4, -0.2) is 41.0 Å². The topological polar surface area (TPSA) is 119 Å². The summed E-state index contributed by atoms with van der Waals surface area (Å²) in [5.41, 5.74) is 0. The minimum absolute atomic E-state index is 0.188. The van der Waals surface area contributed by atoms with Crippen LogP contribution in [0.1, 0.15) is 162 Å². The van der Waals surface area contributed by atoms with Crippen molar-refractivity contribution in [3.8, 4) is 0 Å². The normalized spacial score (nSPS) is 13.1. The fourth-order valence-corrected chi connectivity index (χ4v) is 5.23.